The smallest absolute Gasteiger partial charge is 0.319 e. The van der Waals surface area contributed by atoms with Crippen molar-refractivity contribution in [2.45, 2.75) is 56.3 Å². The Morgan fingerprint density at radius 1 is 1.11 bits per heavy atom. The van der Waals surface area contributed by atoms with Gasteiger partial charge in [0.2, 0.25) is 0 Å². The Balaban J connectivity index is 1.24. The molecule has 5 aliphatic rings. The number of alkyl halides is 1. The summed E-state index contributed by atoms with van der Waals surface area (Å²) in [4.78, 5) is 20.2. The highest BCUT2D eigenvalue weighted by Crippen LogP contribution is 2.42. The molecule has 9 heterocycles. The van der Waals surface area contributed by atoms with Crippen LogP contribution in [0.3, 0.4) is 0 Å². The maximum atomic E-state index is 17.0. The Morgan fingerprint density at radius 2 is 2.04 bits per heavy atom. The molecule has 236 valence electrons. The fraction of sp³-hybridized carbons (Fsp3) is 0.438. The van der Waals surface area contributed by atoms with Crippen molar-refractivity contribution in [3.05, 3.63) is 52.8 Å². The lowest BCUT2D eigenvalue weighted by Gasteiger charge is -2.34. The number of pyridine rings is 1. The van der Waals surface area contributed by atoms with Gasteiger partial charge in [0.15, 0.2) is 5.82 Å². The third-order valence-corrected chi connectivity index (χ3v) is 10.4. The molecule has 3 saturated heterocycles. The molecule has 1 unspecified atom stereocenters. The number of aromatic nitrogens is 8. The number of allylic oxidation sites excluding steroid dienone is 1. The van der Waals surface area contributed by atoms with Gasteiger partial charge < -0.3 is 9.64 Å². The summed E-state index contributed by atoms with van der Waals surface area (Å²) in [5.74, 6) is 0.0617. The summed E-state index contributed by atoms with van der Waals surface area (Å²) < 4.78 is 37.9. The normalized spacial score (nSPS) is 25.1. The van der Waals surface area contributed by atoms with E-state index in [4.69, 9.17) is 31.4 Å². The quantitative estimate of drug-likeness (QED) is 0.279. The Hall–Kier alpha value is -4.23. The van der Waals surface area contributed by atoms with Gasteiger partial charge in [-0.2, -0.15) is 30.1 Å². The highest BCUT2D eigenvalue weighted by molar-refractivity contribution is 6.33. The van der Waals surface area contributed by atoms with Gasteiger partial charge in [-0.1, -0.05) is 23.8 Å². The lowest BCUT2D eigenvalue weighted by atomic mass is 9.95. The molecule has 3 fully saturated rings. The lowest BCUT2D eigenvalue weighted by Crippen LogP contribution is -2.43. The van der Waals surface area contributed by atoms with Crippen molar-refractivity contribution in [3.8, 4) is 17.3 Å². The monoisotopic (exact) mass is 644 g/mol. The third-order valence-electron chi connectivity index (χ3n) is 10.1. The Bertz CT molecular complexity index is 2030. The molecular formula is C32H31ClF2N10O. The van der Waals surface area contributed by atoms with E-state index < -0.39 is 17.5 Å². The summed E-state index contributed by atoms with van der Waals surface area (Å²) in [5, 5.41) is 18.0. The van der Waals surface area contributed by atoms with Gasteiger partial charge in [0, 0.05) is 54.7 Å². The second-order valence-corrected chi connectivity index (χ2v) is 13.3. The van der Waals surface area contributed by atoms with Gasteiger partial charge in [-0.05, 0) is 38.3 Å². The average molecular weight is 645 g/mol. The number of halogens is 3. The van der Waals surface area contributed by atoms with Crippen LogP contribution in [0.15, 0.2) is 30.7 Å². The van der Waals surface area contributed by atoms with Crippen molar-refractivity contribution in [2.24, 2.45) is 0 Å². The third kappa shape index (κ3) is 4.46. The number of ether oxygens (including phenoxy) is 1. The van der Waals surface area contributed by atoms with E-state index in [-0.39, 0.29) is 29.7 Å². The first-order valence-electron chi connectivity index (χ1n) is 15.8. The van der Waals surface area contributed by atoms with Gasteiger partial charge in [0.25, 0.3) is 0 Å². The van der Waals surface area contributed by atoms with Crippen LogP contribution in [0.25, 0.3) is 39.1 Å². The summed E-state index contributed by atoms with van der Waals surface area (Å²) in [6.07, 6.45) is 12.1. The van der Waals surface area contributed by atoms with Crippen molar-refractivity contribution in [1.82, 2.24) is 45.0 Å². The van der Waals surface area contributed by atoms with E-state index in [9.17, 15) is 4.39 Å². The van der Waals surface area contributed by atoms with Crippen molar-refractivity contribution in [3.63, 3.8) is 0 Å². The molecular weight excluding hydrogens is 614 g/mol. The number of rotatable bonds is 3. The minimum absolute atomic E-state index is 0.0657. The first-order chi connectivity index (χ1) is 22.5. The van der Waals surface area contributed by atoms with Crippen LogP contribution in [0.5, 0.6) is 6.01 Å². The standard InChI is InChI=1S/C32H31ClF2N10O/c33-23-10-24-21(13-37-41-24)26-20(23)5-2-9-45-38-14-25(42-45)18-4-1-7-43(15-18)30-22-12-36-29(26)27(35)28(22)39-31(40-30)46-17-32-6-3-8-44(32)16-19(34)11-32/h2,5,10,12-14,18-19H,1,3-4,6-9,11,15-17H2,(H,37,41)/b5-2+/t18?,19-,32+/m1/s1. The average Bonchev–Trinajstić information content (AvgIpc) is 3.85. The highest BCUT2D eigenvalue weighted by atomic mass is 35.5. The first-order valence-corrected chi connectivity index (χ1v) is 16.2. The molecule has 3 atom stereocenters. The number of H-pyrrole nitrogens is 1. The number of nitrogens with one attached hydrogen (secondary N) is 1. The number of hydrogen-bond donors (Lipinski definition) is 1. The molecule has 11 nitrogen and oxygen atoms in total. The van der Waals surface area contributed by atoms with Gasteiger partial charge in [-0.15, -0.1) is 0 Å². The number of piperidine rings is 1. The van der Waals surface area contributed by atoms with E-state index in [2.05, 4.69) is 30.1 Å². The molecule has 0 spiro atoms. The van der Waals surface area contributed by atoms with Crippen LogP contribution in [0, 0.1) is 5.82 Å². The van der Waals surface area contributed by atoms with Gasteiger partial charge in [0.1, 0.15) is 29.8 Å². The van der Waals surface area contributed by atoms with Crippen LogP contribution >= 0.6 is 11.6 Å². The number of hydrogen-bond acceptors (Lipinski definition) is 9. The van der Waals surface area contributed by atoms with Crippen molar-refractivity contribution in [1.29, 1.82) is 0 Å². The maximum absolute atomic E-state index is 17.0. The number of anilines is 1. The summed E-state index contributed by atoms with van der Waals surface area (Å²) >= 11 is 6.81. The Morgan fingerprint density at radius 3 is 2.98 bits per heavy atom. The van der Waals surface area contributed by atoms with E-state index in [1.165, 1.54) is 0 Å². The molecule has 0 saturated carbocycles. The maximum Gasteiger partial charge on any atom is 0.319 e. The van der Waals surface area contributed by atoms with Crippen LogP contribution in [-0.4, -0.2) is 89.5 Å². The van der Waals surface area contributed by atoms with Crippen molar-refractivity contribution in [2.75, 3.05) is 37.7 Å². The van der Waals surface area contributed by atoms with Crippen LogP contribution in [0.4, 0.5) is 14.6 Å². The van der Waals surface area contributed by atoms with Gasteiger partial charge >= 0.3 is 6.01 Å². The number of fused-ring (bicyclic) bond motifs is 4. The van der Waals surface area contributed by atoms with Crippen LogP contribution in [-0.2, 0) is 6.54 Å². The van der Waals surface area contributed by atoms with Crippen LogP contribution < -0.4 is 9.64 Å². The van der Waals surface area contributed by atoms with Crippen LogP contribution in [0.1, 0.15) is 49.3 Å². The molecule has 14 heteroatoms. The first kappa shape index (κ1) is 28.0. The van der Waals surface area contributed by atoms with Crippen LogP contribution in [0.2, 0.25) is 5.02 Å². The Labute approximate surface area is 267 Å². The molecule has 0 aliphatic carbocycles. The fourth-order valence-corrected chi connectivity index (χ4v) is 8.17. The molecule has 46 heavy (non-hydrogen) atoms. The zero-order valence-electron chi connectivity index (χ0n) is 25.0. The highest BCUT2D eigenvalue weighted by Gasteiger charge is 2.49. The molecule has 1 aromatic carbocycles. The van der Waals surface area contributed by atoms with E-state index in [0.29, 0.717) is 64.3 Å². The SMILES string of the molecule is Fc1c2ncc3c(nc(OC[C@@]45CCCN4C[C@H](F)C5)nc13)N1CCCC(C1)c1cnn(n1)C/C=C/c1c(Cl)cc3[nH]ncc3c1-2. The summed E-state index contributed by atoms with van der Waals surface area (Å²) in [5.41, 5.74) is 2.44. The van der Waals surface area contributed by atoms with E-state index >= 15 is 4.39 Å². The number of benzene rings is 1. The molecule has 0 radical (unpaired) electrons. The molecule has 1 N–H and O–H groups in total. The molecule has 10 rings (SSSR count). The molecule has 5 aliphatic heterocycles. The number of nitrogens with zero attached hydrogens (tertiary/aromatic N) is 9. The molecule has 8 bridgehead atoms. The molecule has 4 aromatic heterocycles. The summed E-state index contributed by atoms with van der Waals surface area (Å²) in [6, 6.07) is 1.84. The predicted octanol–water partition coefficient (Wildman–Crippen LogP) is 5.32. The zero-order valence-corrected chi connectivity index (χ0v) is 25.7. The van der Waals surface area contributed by atoms with Crippen molar-refractivity contribution < 1.29 is 13.5 Å². The second kappa shape index (κ2) is 10.7. The van der Waals surface area contributed by atoms with E-state index in [1.54, 1.807) is 23.3 Å². The summed E-state index contributed by atoms with van der Waals surface area (Å²) in [7, 11) is 0. The minimum Gasteiger partial charge on any atom is -0.461 e. The summed E-state index contributed by atoms with van der Waals surface area (Å²) in [6.45, 7) is 3.25. The second-order valence-electron chi connectivity index (χ2n) is 12.9. The van der Waals surface area contributed by atoms with Gasteiger partial charge in [-0.25, -0.2) is 8.78 Å². The molecule has 5 aromatic rings. The Kier molecular flexibility index (Phi) is 6.50. The lowest BCUT2D eigenvalue weighted by molar-refractivity contribution is 0.107. The topological polar surface area (TPSA) is 114 Å². The van der Waals surface area contributed by atoms with E-state index in [1.807, 2.05) is 18.3 Å². The fourth-order valence-electron chi connectivity index (χ4n) is 7.90. The molecule has 0 amide bonds. The predicted molar refractivity (Wildman–Crippen MR) is 169 cm³/mol. The largest absolute Gasteiger partial charge is 0.461 e. The number of aromatic amines is 1. The zero-order chi connectivity index (χ0) is 31.0. The van der Waals surface area contributed by atoms with Gasteiger partial charge in [-0.3, -0.25) is 15.0 Å². The van der Waals surface area contributed by atoms with Crippen molar-refractivity contribution >= 4 is 45.3 Å². The minimum atomic E-state index is -0.890. The van der Waals surface area contributed by atoms with E-state index in [0.717, 1.165) is 44.5 Å². The van der Waals surface area contributed by atoms with Gasteiger partial charge in [0.05, 0.1) is 46.1 Å².